The molecule has 1 unspecified atom stereocenters. The largest absolute Gasteiger partial charge is 0.507 e. The van der Waals surface area contributed by atoms with Crippen molar-refractivity contribution in [2.75, 3.05) is 41.1 Å². The Bertz CT molecular complexity index is 1080. The number of nitrogens with zero attached hydrogens (tertiary/aromatic N) is 1. The molecule has 1 heterocycles. The standard InChI is InChI=1S/C25H29NO7/c1-6-33-19-10-7-16(14-20(19)32-5)22-21(24(28)25(29)26(22)11-12-30-3)23(27)17-8-9-18(31-4)15(2)13-17/h7-10,13-14,22,27H,6,11-12H2,1-5H3/b23-21+. The van der Waals surface area contributed by atoms with Gasteiger partial charge in [0.15, 0.2) is 11.5 Å². The maximum Gasteiger partial charge on any atom is 0.295 e. The van der Waals surface area contributed by atoms with Gasteiger partial charge < -0.3 is 29.0 Å². The molecule has 0 saturated carbocycles. The smallest absolute Gasteiger partial charge is 0.295 e. The Morgan fingerprint density at radius 2 is 1.70 bits per heavy atom. The maximum atomic E-state index is 13.1. The number of rotatable bonds is 9. The molecule has 1 aliphatic heterocycles. The number of carbonyl (C=O) groups is 2. The molecule has 0 radical (unpaired) electrons. The Labute approximate surface area is 193 Å². The highest BCUT2D eigenvalue weighted by Crippen LogP contribution is 2.42. The fourth-order valence-electron chi connectivity index (χ4n) is 3.96. The van der Waals surface area contributed by atoms with Gasteiger partial charge in [0.1, 0.15) is 11.5 Å². The van der Waals surface area contributed by atoms with E-state index in [0.29, 0.717) is 35.0 Å². The molecule has 1 amide bonds. The van der Waals surface area contributed by atoms with Crippen LogP contribution in [0.15, 0.2) is 42.0 Å². The molecule has 1 fully saturated rings. The molecule has 33 heavy (non-hydrogen) atoms. The van der Waals surface area contributed by atoms with Gasteiger partial charge in [-0.25, -0.2) is 0 Å². The van der Waals surface area contributed by atoms with E-state index in [-0.39, 0.29) is 24.5 Å². The quantitative estimate of drug-likeness (QED) is 0.351. The summed E-state index contributed by atoms with van der Waals surface area (Å²) >= 11 is 0. The van der Waals surface area contributed by atoms with Crippen molar-refractivity contribution in [3.05, 3.63) is 58.7 Å². The van der Waals surface area contributed by atoms with E-state index in [2.05, 4.69) is 0 Å². The second-order valence-electron chi connectivity index (χ2n) is 7.51. The Hall–Kier alpha value is -3.52. The van der Waals surface area contributed by atoms with Crippen LogP contribution in [0.4, 0.5) is 0 Å². The molecule has 1 saturated heterocycles. The topological polar surface area (TPSA) is 94.5 Å². The number of methoxy groups -OCH3 is 3. The Morgan fingerprint density at radius 3 is 2.30 bits per heavy atom. The van der Waals surface area contributed by atoms with Crippen molar-refractivity contribution in [1.29, 1.82) is 0 Å². The van der Waals surface area contributed by atoms with Crippen molar-refractivity contribution in [2.24, 2.45) is 0 Å². The van der Waals surface area contributed by atoms with Crippen molar-refractivity contribution in [2.45, 2.75) is 19.9 Å². The molecule has 2 aromatic carbocycles. The maximum absolute atomic E-state index is 13.1. The van der Waals surface area contributed by atoms with Crippen LogP contribution in [0.25, 0.3) is 5.76 Å². The van der Waals surface area contributed by atoms with Gasteiger partial charge in [0.05, 0.1) is 39.0 Å². The second-order valence-corrected chi connectivity index (χ2v) is 7.51. The first-order valence-electron chi connectivity index (χ1n) is 10.6. The zero-order valence-electron chi connectivity index (χ0n) is 19.5. The molecular weight excluding hydrogens is 426 g/mol. The van der Waals surface area contributed by atoms with Crippen molar-refractivity contribution in [3.63, 3.8) is 0 Å². The van der Waals surface area contributed by atoms with Gasteiger partial charge in [-0.3, -0.25) is 9.59 Å². The zero-order valence-corrected chi connectivity index (χ0v) is 19.5. The summed E-state index contributed by atoms with van der Waals surface area (Å²) in [5.74, 6) is -0.0429. The van der Waals surface area contributed by atoms with Crippen molar-refractivity contribution >= 4 is 17.4 Å². The number of hydrogen-bond acceptors (Lipinski definition) is 7. The molecular formula is C25H29NO7. The number of hydrogen-bond donors (Lipinski definition) is 1. The van der Waals surface area contributed by atoms with Crippen LogP contribution in [-0.4, -0.2) is 62.8 Å². The summed E-state index contributed by atoms with van der Waals surface area (Å²) in [7, 11) is 4.60. The van der Waals surface area contributed by atoms with Gasteiger partial charge in [-0.05, 0) is 55.3 Å². The summed E-state index contributed by atoms with van der Waals surface area (Å²) in [5.41, 5.74) is 1.82. The van der Waals surface area contributed by atoms with Crippen LogP contribution in [0.2, 0.25) is 0 Å². The lowest BCUT2D eigenvalue weighted by molar-refractivity contribution is -0.140. The molecule has 2 aromatic rings. The second kappa shape index (κ2) is 10.4. The van der Waals surface area contributed by atoms with Gasteiger partial charge in [-0.2, -0.15) is 0 Å². The average Bonchev–Trinajstić information content (AvgIpc) is 3.07. The van der Waals surface area contributed by atoms with Gasteiger partial charge in [0, 0.05) is 19.2 Å². The summed E-state index contributed by atoms with van der Waals surface area (Å²) in [6.45, 7) is 4.57. The fourth-order valence-corrected chi connectivity index (χ4v) is 3.96. The molecule has 0 bridgehead atoms. The fraction of sp³-hybridized carbons (Fsp3) is 0.360. The van der Waals surface area contributed by atoms with Crippen LogP contribution in [-0.2, 0) is 14.3 Å². The summed E-state index contributed by atoms with van der Waals surface area (Å²) in [6, 6.07) is 9.47. The molecule has 0 aliphatic carbocycles. The minimum atomic E-state index is -0.813. The van der Waals surface area contributed by atoms with E-state index in [4.69, 9.17) is 18.9 Å². The number of aryl methyl sites for hydroxylation is 1. The molecule has 176 valence electrons. The van der Waals surface area contributed by atoms with Gasteiger partial charge in [-0.15, -0.1) is 0 Å². The van der Waals surface area contributed by atoms with Crippen LogP contribution < -0.4 is 14.2 Å². The summed E-state index contributed by atoms with van der Waals surface area (Å²) in [4.78, 5) is 27.4. The molecule has 0 aromatic heterocycles. The van der Waals surface area contributed by atoms with E-state index in [1.807, 2.05) is 13.8 Å². The number of ether oxygens (including phenoxy) is 4. The normalized spacial score (nSPS) is 17.4. The Morgan fingerprint density at radius 1 is 1.00 bits per heavy atom. The van der Waals surface area contributed by atoms with E-state index < -0.39 is 17.7 Å². The summed E-state index contributed by atoms with van der Waals surface area (Å²) in [6.07, 6.45) is 0. The van der Waals surface area contributed by atoms with E-state index in [1.54, 1.807) is 43.5 Å². The zero-order chi connectivity index (χ0) is 24.1. The van der Waals surface area contributed by atoms with Crippen LogP contribution in [0.5, 0.6) is 17.2 Å². The minimum absolute atomic E-state index is 0.00637. The highest BCUT2D eigenvalue weighted by Gasteiger charge is 2.46. The lowest BCUT2D eigenvalue weighted by Crippen LogP contribution is -2.32. The first kappa shape index (κ1) is 24.1. The molecule has 3 rings (SSSR count). The van der Waals surface area contributed by atoms with Crippen molar-refractivity contribution in [3.8, 4) is 17.2 Å². The van der Waals surface area contributed by atoms with Crippen molar-refractivity contribution < 1.29 is 33.6 Å². The molecule has 1 N–H and O–H groups in total. The number of carbonyl (C=O) groups excluding carboxylic acids is 2. The number of likely N-dealkylation sites (tertiary alicyclic amines) is 1. The lowest BCUT2D eigenvalue weighted by Gasteiger charge is -2.25. The van der Waals surface area contributed by atoms with Crippen LogP contribution in [0.3, 0.4) is 0 Å². The number of aliphatic hydroxyl groups is 1. The molecule has 1 atom stereocenters. The number of Topliss-reactive ketones (excluding diaryl/α,β-unsaturated/α-hetero) is 1. The SMILES string of the molecule is CCOc1ccc(C2/C(=C(\O)c3ccc(OC)c(C)c3)C(=O)C(=O)N2CCOC)cc1OC. The molecule has 8 heteroatoms. The Kier molecular flexibility index (Phi) is 7.60. The van der Waals surface area contributed by atoms with Gasteiger partial charge in [0.25, 0.3) is 11.7 Å². The van der Waals surface area contributed by atoms with Crippen LogP contribution >= 0.6 is 0 Å². The number of benzene rings is 2. The van der Waals surface area contributed by atoms with Gasteiger partial charge >= 0.3 is 0 Å². The first-order valence-corrected chi connectivity index (χ1v) is 10.6. The van der Waals surface area contributed by atoms with Crippen LogP contribution in [0.1, 0.15) is 29.7 Å². The van der Waals surface area contributed by atoms with Gasteiger partial charge in [-0.1, -0.05) is 6.07 Å². The number of ketones is 1. The predicted molar refractivity (Wildman–Crippen MR) is 123 cm³/mol. The van der Waals surface area contributed by atoms with Crippen molar-refractivity contribution in [1.82, 2.24) is 4.90 Å². The van der Waals surface area contributed by atoms with E-state index in [1.165, 1.54) is 19.1 Å². The Balaban J connectivity index is 2.18. The molecule has 0 spiro atoms. The minimum Gasteiger partial charge on any atom is -0.507 e. The highest BCUT2D eigenvalue weighted by atomic mass is 16.5. The van der Waals surface area contributed by atoms with E-state index in [9.17, 15) is 14.7 Å². The lowest BCUT2D eigenvalue weighted by atomic mass is 9.94. The summed E-state index contributed by atoms with van der Waals surface area (Å²) < 4.78 is 21.5. The first-order chi connectivity index (χ1) is 15.9. The van der Waals surface area contributed by atoms with E-state index >= 15 is 0 Å². The predicted octanol–water partition coefficient (Wildman–Crippen LogP) is 3.48. The third-order valence-corrected chi connectivity index (χ3v) is 5.55. The summed E-state index contributed by atoms with van der Waals surface area (Å²) in [5, 5.41) is 11.2. The monoisotopic (exact) mass is 455 g/mol. The number of amides is 1. The van der Waals surface area contributed by atoms with Gasteiger partial charge in [0.2, 0.25) is 0 Å². The number of aliphatic hydroxyl groups excluding tert-OH is 1. The highest BCUT2D eigenvalue weighted by molar-refractivity contribution is 6.46. The molecule has 8 nitrogen and oxygen atoms in total. The average molecular weight is 456 g/mol. The third-order valence-electron chi connectivity index (χ3n) is 5.55. The molecule has 1 aliphatic rings. The third kappa shape index (κ3) is 4.66. The van der Waals surface area contributed by atoms with E-state index in [0.717, 1.165) is 5.56 Å². The van der Waals surface area contributed by atoms with Crippen LogP contribution in [0, 0.1) is 6.92 Å².